The Hall–Kier alpha value is -1.09. The first-order chi connectivity index (χ1) is 8.02. The molecule has 1 N–H and O–H groups in total. The summed E-state index contributed by atoms with van der Waals surface area (Å²) in [6, 6.07) is 6.92. The van der Waals surface area contributed by atoms with Crippen molar-refractivity contribution in [3.63, 3.8) is 0 Å². The lowest BCUT2D eigenvalue weighted by Gasteiger charge is -2.34. The van der Waals surface area contributed by atoms with Crippen molar-refractivity contribution in [2.24, 2.45) is 5.41 Å². The highest BCUT2D eigenvalue weighted by Gasteiger charge is 2.24. The molecule has 0 aliphatic carbocycles. The van der Waals surface area contributed by atoms with E-state index in [1.165, 1.54) is 6.07 Å². The van der Waals surface area contributed by atoms with Gasteiger partial charge in [-0.25, -0.2) is 4.39 Å². The van der Waals surface area contributed by atoms with Gasteiger partial charge in [-0.3, -0.25) is 0 Å². The molecule has 0 bridgehead atoms. The van der Waals surface area contributed by atoms with Crippen LogP contribution in [0.3, 0.4) is 0 Å². The molecular formula is C14H23FN2. The van der Waals surface area contributed by atoms with Gasteiger partial charge in [-0.2, -0.15) is 0 Å². The van der Waals surface area contributed by atoms with E-state index in [1.807, 2.05) is 31.1 Å². The normalized spacial score (nSPS) is 14.4. The Kier molecular flexibility index (Phi) is 4.94. The molecule has 1 atom stereocenters. The summed E-state index contributed by atoms with van der Waals surface area (Å²) in [7, 11) is 3.90. The maximum Gasteiger partial charge on any atom is 0.146 e. The molecule has 96 valence electrons. The monoisotopic (exact) mass is 238 g/mol. The Labute approximate surface area is 104 Å². The van der Waals surface area contributed by atoms with Crippen molar-refractivity contribution < 1.29 is 4.39 Å². The Morgan fingerprint density at radius 2 is 2.00 bits per heavy atom. The highest BCUT2D eigenvalue weighted by atomic mass is 19.1. The lowest BCUT2D eigenvalue weighted by Crippen LogP contribution is -2.40. The number of halogens is 1. The number of anilines is 1. The predicted octanol–water partition coefficient (Wildman–Crippen LogP) is 2.90. The van der Waals surface area contributed by atoms with E-state index in [0.29, 0.717) is 5.69 Å². The predicted molar refractivity (Wildman–Crippen MR) is 72.0 cm³/mol. The quantitative estimate of drug-likeness (QED) is 0.819. The zero-order valence-corrected chi connectivity index (χ0v) is 11.3. The van der Waals surface area contributed by atoms with Gasteiger partial charge in [0, 0.05) is 20.1 Å². The van der Waals surface area contributed by atoms with Crippen LogP contribution in [0.25, 0.3) is 0 Å². The number of rotatable bonds is 6. The molecule has 3 heteroatoms. The molecule has 0 saturated carbocycles. The Bertz CT molecular complexity index is 354. The van der Waals surface area contributed by atoms with E-state index >= 15 is 0 Å². The lowest BCUT2D eigenvalue weighted by molar-refractivity contribution is 0.307. The fourth-order valence-corrected chi connectivity index (χ4v) is 2.14. The average Bonchev–Trinajstić information content (AvgIpc) is 2.29. The van der Waals surface area contributed by atoms with Gasteiger partial charge in [0.25, 0.3) is 0 Å². The molecule has 0 aliphatic rings. The van der Waals surface area contributed by atoms with Gasteiger partial charge in [-0.15, -0.1) is 0 Å². The standard InChI is InChI=1S/C14H23FN2/c1-5-14(2,10-16-3)11-17(4)13-9-7-6-8-12(13)15/h6-9,16H,5,10-11H2,1-4H3. The maximum atomic E-state index is 13.6. The largest absolute Gasteiger partial charge is 0.372 e. The van der Waals surface area contributed by atoms with Gasteiger partial charge < -0.3 is 10.2 Å². The van der Waals surface area contributed by atoms with E-state index in [9.17, 15) is 4.39 Å². The molecule has 0 amide bonds. The van der Waals surface area contributed by atoms with Crippen molar-refractivity contribution >= 4 is 5.69 Å². The van der Waals surface area contributed by atoms with Crippen molar-refractivity contribution in [3.8, 4) is 0 Å². The van der Waals surface area contributed by atoms with Crippen LogP contribution in [0.15, 0.2) is 24.3 Å². The van der Waals surface area contributed by atoms with Crippen molar-refractivity contribution in [2.75, 3.05) is 32.1 Å². The Balaban J connectivity index is 2.77. The van der Waals surface area contributed by atoms with Crippen molar-refractivity contribution in [1.29, 1.82) is 0 Å². The summed E-state index contributed by atoms with van der Waals surface area (Å²) in [6.45, 7) is 6.17. The molecule has 0 saturated heterocycles. The van der Waals surface area contributed by atoms with Gasteiger partial charge in [0.05, 0.1) is 5.69 Å². The van der Waals surface area contributed by atoms with Gasteiger partial charge in [-0.05, 0) is 31.0 Å². The zero-order valence-electron chi connectivity index (χ0n) is 11.3. The minimum Gasteiger partial charge on any atom is -0.372 e. The summed E-state index contributed by atoms with van der Waals surface area (Å²) in [5.41, 5.74) is 0.828. The molecule has 0 aliphatic heterocycles. The summed E-state index contributed by atoms with van der Waals surface area (Å²) in [6.07, 6.45) is 1.06. The number of nitrogens with one attached hydrogen (secondary N) is 1. The highest BCUT2D eigenvalue weighted by Crippen LogP contribution is 2.25. The summed E-state index contributed by atoms with van der Waals surface area (Å²) >= 11 is 0. The maximum absolute atomic E-state index is 13.6. The molecule has 1 aromatic carbocycles. The molecule has 0 aromatic heterocycles. The van der Waals surface area contributed by atoms with E-state index < -0.39 is 0 Å². The second-order valence-electron chi connectivity index (χ2n) is 5.00. The number of hydrogen-bond donors (Lipinski definition) is 1. The van der Waals surface area contributed by atoms with Gasteiger partial charge >= 0.3 is 0 Å². The molecule has 17 heavy (non-hydrogen) atoms. The molecule has 1 rings (SSSR count). The smallest absolute Gasteiger partial charge is 0.146 e. The van der Waals surface area contributed by atoms with E-state index in [1.54, 1.807) is 6.07 Å². The number of hydrogen-bond acceptors (Lipinski definition) is 2. The first-order valence-corrected chi connectivity index (χ1v) is 6.12. The summed E-state index contributed by atoms with van der Waals surface area (Å²) in [5.74, 6) is -0.155. The van der Waals surface area contributed by atoms with Crippen LogP contribution in [0.5, 0.6) is 0 Å². The summed E-state index contributed by atoms with van der Waals surface area (Å²) < 4.78 is 13.6. The van der Waals surface area contributed by atoms with E-state index in [-0.39, 0.29) is 11.2 Å². The van der Waals surface area contributed by atoms with Gasteiger partial charge in [-0.1, -0.05) is 26.0 Å². The Morgan fingerprint density at radius 1 is 1.35 bits per heavy atom. The highest BCUT2D eigenvalue weighted by molar-refractivity contribution is 5.46. The van der Waals surface area contributed by atoms with Crippen LogP contribution in [0.1, 0.15) is 20.3 Å². The Morgan fingerprint density at radius 3 is 2.53 bits per heavy atom. The van der Waals surface area contributed by atoms with Gasteiger partial charge in [0.2, 0.25) is 0 Å². The van der Waals surface area contributed by atoms with Crippen LogP contribution in [0.2, 0.25) is 0 Å². The van der Waals surface area contributed by atoms with Crippen LogP contribution < -0.4 is 10.2 Å². The second-order valence-corrected chi connectivity index (χ2v) is 5.00. The van der Waals surface area contributed by atoms with Crippen molar-refractivity contribution in [2.45, 2.75) is 20.3 Å². The molecule has 1 aromatic rings. The fraction of sp³-hybridized carbons (Fsp3) is 0.571. The van der Waals surface area contributed by atoms with E-state index in [2.05, 4.69) is 19.2 Å². The average molecular weight is 238 g/mol. The molecule has 0 fully saturated rings. The third-order valence-electron chi connectivity index (χ3n) is 3.34. The SMILES string of the molecule is CCC(C)(CNC)CN(C)c1ccccc1F. The topological polar surface area (TPSA) is 15.3 Å². The van der Waals surface area contributed by atoms with Crippen LogP contribution in [0.4, 0.5) is 10.1 Å². The van der Waals surface area contributed by atoms with Crippen molar-refractivity contribution in [1.82, 2.24) is 5.32 Å². The van der Waals surface area contributed by atoms with Gasteiger partial charge in [0.1, 0.15) is 5.82 Å². The van der Waals surface area contributed by atoms with Crippen LogP contribution in [0, 0.1) is 11.2 Å². The summed E-state index contributed by atoms with van der Waals surface area (Å²) in [5, 5.41) is 3.21. The minimum absolute atomic E-state index is 0.155. The van der Waals surface area contributed by atoms with Crippen molar-refractivity contribution in [3.05, 3.63) is 30.1 Å². The minimum atomic E-state index is -0.155. The summed E-state index contributed by atoms with van der Waals surface area (Å²) in [4.78, 5) is 2.00. The van der Waals surface area contributed by atoms with Crippen LogP contribution in [-0.4, -0.2) is 27.2 Å². The number of benzene rings is 1. The molecule has 1 unspecified atom stereocenters. The molecule has 2 nitrogen and oxygen atoms in total. The second kappa shape index (κ2) is 6.01. The fourth-order valence-electron chi connectivity index (χ4n) is 2.14. The number of para-hydroxylation sites is 1. The van der Waals surface area contributed by atoms with Crippen LogP contribution >= 0.6 is 0 Å². The van der Waals surface area contributed by atoms with Crippen LogP contribution in [-0.2, 0) is 0 Å². The molecular weight excluding hydrogens is 215 g/mol. The number of nitrogens with zero attached hydrogens (tertiary/aromatic N) is 1. The molecule has 0 spiro atoms. The third-order valence-corrected chi connectivity index (χ3v) is 3.34. The lowest BCUT2D eigenvalue weighted by atomic mass is 9.87. The third kappa shape index (κ3) is 3.70. The first-order valence-electron chi connectivity index (χ1n) is 6.12. The van der Waals surface area contributed by atoms with Gasteiger partial charge in [0.15, 0.2) is 0 Å². The molecule has 0 heterocycles. The van der Waals surface area contributed by atoms with E-state index in [4.69, 9.17) is 0 Å². The first kappa shape index (κ1) is 14.0. The molecule has 0 radical (unpaired) electrons. The van der Waals surface area contributed by atoms with E-state index in [0.717, 1.165) is 19.5 Å². The zero-order chi connectivity index (χ0) is 12.9.